The molecule has 1 atom stereocenters. The largest absolute Gasteiger partial charge is 0.271 e. The van der Waals surface area contributed by atoms with Crippen molar-refractivity contribution in [2.45, 2.75) is 31.7 Å². The molecule has 0 radical (unpaired) electrons. The maximum Gasteiger partial charge on any atom is 0.0948 e. The summed E-state index contributed by atoms with van der Waals surface area (Å²) in [6.45, 7) is 0. The fraction of sp³-hybridized carbons (Fsp3) is 0.400. The Morgan fingerprint density at radius 1 is 1.32 bits per heavy atom. The highest BCUT2D eigenvalue weighted by molar-refractivity contribution is 7.09. The molecule has 0 amide bonds. The third-order valence-corrected chi connectivity index (χ3v) is 4.82. The Morgan fingerprint density at radius 2 is 2.11 bits per heavy atom. The highest BCUT2D eigenvalue weighted by Crippen LogP contribution is 2.31. The van der Waals surface area contributed by atoms with Gasteiger partial charge in [0.2, 0.25) is 0 Å². The molecule has 1 unspecified atom stereocenters. The van der Waals surface area contributed by atoms with Crippen molar-refractivity contribution in [2.24, 2.45) is 11.8 Å². The molecular weight excluding hydrogens is 254 g/mol. The Kier molecular flexibility index (Phi) is 3.92. The quantitative estimate of drug-likeness (QED) is 0.650. The highest BCUT2D eigenvalue weighted by atomic mass is 32.1. The van der Waals surface area contributed by atoms with Gasteiger partial charge in [0.1, 0.15) is 0 Å². The SMILES string of the molecule is NNC(Cc1nc(-c2ccccc2)cs1)C1CCC1. The highest BCUT2D eigenvalue weighted by Gasteiger charge is 2.27. The molecule has 1 saturated carbocycles. The molecule has 19 heavy (non-hydrogen) atoms. The van der Waals surface area contributed by atoms with Crippen molar-refractivity contribution in [1.29, 1.82) is 0 Å². The van der Waals surface area contributed by atoms with Crippen LogP contribution in [0, 0.1) is 5.92 Å². The Morgan fingerprint density at radius 3 is 2.74 bits per heavy atom. The third kappa shape index (κ3) is 2.86. The molecule has 0 spiro atoms. The average molecular weight is 273 g/mol. The summed E-state index contributed by atoms with van der Waals surface area (Å²) in [6, 6.07) is 10.7. The van der Waals surface area contributed by atoms with Crippen LogP contribution in [0.2, 0.25) is 0 Å². The molecule has 1 aliphatic rings. The average Bonchev–Trinajstić information content (AvgIpc) is 2.85. The summed E-state index contributed by atoms with van der Waals surface area (Å²) in [4.78, 5) is 4.73. The molecular formula is C15H19N3S. The van der Waals surface area contributed by atoms with Crippen LogP contribution in [0.3, 0.4) is 0 Å². The van der Waals surface area contributed by atoms with Crippen LogP contribution in [0.25, 0.3) is 11.3 Å². The van der Waals surface area contributed by atoms with Gasteiger partial charge < -0.3 is 0 Å². The van der Waals surface area contributed by atoms with Gasteiger partial charge in [0, 0.05) is 23.4 Å². The molecule has 4 heteroatoms. The first-order valence-electron chi connectivity index (χ1n) is 6.83. The van der Waals surface area contributed by atoms with Crippen molar-refractivity contribution in [1.82, 2.24) is 10.4 Å². The molecule has 3 nitrogen and oxygen atoms in total. The van der Waals surface area contributed by atoms with Crippen molar-refractivity contribution in [3.8, 4) is 11.3 Å². The molecule has 3 rings (SSSR count). The number of benzene rings is 1. The predicted molar refractivity (Wildman–Crippen MR) is 79.7 cm³/mol. The second kappa shape index (κ2) is 5.82. The monoisotopic (exact) mass is 273 g/mol. The number of nitrogens with one attached hydrogen (secondary N) is 1. The molecule has 0 aliphatic heterocycles. The Balaban J connectivity index is 1.70. The van der Waals surface area contributed by atoms with Gasteiger partial charge in [-0.05, 0) is 18.8 Å². The molecule has 1 aliphatic carbocycles. The molecule has 1 aromatic carbocycles. The Hall–Kier alpha value is -1.23. The van der Waals surface area contributed by atoms with E-state index in [4.69, 9.17) is 10.8 Å². The van der Waals surface area contributed by atoms with Gasteiger partial charge in [-0.15, -0.1) is 11.3 Å². The molecule has 0 saturated heterocycles. The minimum atomic E-state index is 0.378. The number of hydrogen-bond acceptors (Lipinski definition) is 4. The predicted octanol–water partition coefficient (Wildman–Crippen LogP) is 2.98. The zero-order valence-electron chi connectivity index (χ0n) is 10.9. The van der Waals surface area contributed by atoms with Gasteiger partial charge in [-0.3, -0.25) is 11.3 Å². The third-order valence-electron chi connectivity index (χ3n) is 3.95. The number of thiazole rings is 1. The lowest BCUT2D eigenvalue weighted by molar-refractivity contribution is 0.228. The molecule has 1 fully saturated rings. The Bertz CT molecular complexity index is 519. The molecule has 2 aromatic rings. The maximum absolute atomic E-state index is 5.68. The number of hydrogen-bond donors (Lipinski definition) is 2. The zero-order chi connectivity index (χ0) is 13.1. The first-order valence-corrected chi connectivity index (χ1v) is 7.71. The smallest absolute Gasteiger partial charge is 0.0948 e. The fourth-order valence-corrected chi connectivity index (χ4v) is 3.40. The van der Waals surface area contributed by atoms with E-state index in [1.165, 1.54) is 29.8 Å². The van der Waals surface area contributed by atoms with E-state index in [0.717, 1.165) is 18.0 Å². The molecule has 3 N–H and O–H groups in total. The number of rotatable bonds is 5. The van der Waals surface area contributed by atoms with Crippen molar-refractivity contribution in [3.05, 3.63) is 40.7 Å². The molecule has 0 bridgehead atoms. The van der Waals surface area contributed by atoms with Crippen molar-refractivity contribution in [2.75, 3.05) is 0 Å². The van der Waals surface area contributed by atoms with E-state index in [1.54, 1.807) is 11.3 Å². The number of nitrogens with zero attached hydrogens (tertiary/aromatic N) is 1. The van der Waals surface area contributed by atoms with E-state index in [1.807, 2.05) is 18.2 Å². The first kappa shape index (κ1) is 12.8. The molecule has 1 aromatic heterocycles. The van der Waals surface area contributed by atoms with Crippen LogP contribution in [0.15, 0.2) is 35.7 Å². The summed E-state index contributed by atoms with van der Waals surface area (Å²) in [6.07, 6.45) is 4.88. The molecule has 100 valence electrons. The lowest BCUT2D eigenvalue weighted by atomic mass is 9.79. The van der Waals surface area contributed by atoms with Crippen LogP contribution in [-0.4, -0.2) is 11.0 Å². The lowest BCUT2D eigenvalue weighted by Gasteiger charge is -2.32. The van der Waals surface area contributed by atoms with Crippen molar-refractivity contribution >= 4 is 11.3 Å². The number of nitrogens with two attached hydrogens (primary N) is 1. The van der Waals surface area contributed by atoms with Gasteiger partial charge in [0.05, 0.1) is 10.7 Å². The summed E-state index contributed by atoms with van der Waals surface area (Å²) < 4.78 is 0. The van der Waals surface area contributed by atoms with Crippen molar-refractivity contribution in [3.63, 3.8) is 0 Å². The van der Waals surface area contributed by atoms with Gasteiger partial charge in [-0.2, -0.15) is 0 Å². The Labute approximate surface area is 117 Å². The van der Waals surface area contributed by atoms with Crippen LogP contribution in [0.1, 0.15) is 24.3 Å². The first-order chi connectivity index (χ1) is 9.36. The van der Waals surface area contributed by atoms with Gasteiger partial charge >= 0.3 is 0 Å². The van der Waals surface area contributed by atoms with E-state index in [0.29, 0.717) is 6.04 Å². The minimum Gasteiger partial charge on any atom is -0.271 e. The van der Waals surface area contributed by atoms with Crippen LogP contribution < -0.4 is 11.3 Å². The number of aromatic nitrogens is 1. The normalized spacial score (nSPS) is 17.1. The zero-order valence-corrected chi connectivity index (χ0v) is 11.7. The fourth-order valence-electron chi connectivity index (χ4n) is 2.54. The maximum atomic E-state index is 5.68. The summed E-state index contributed by atoms with van der Waals surface area (Å²) >= 11 is 1.73. The summed E-state index contributed by atoms with van der Waals surface area (Å²) in [7, 11) is 0. The van der Waals surface area contributed by atoms with E-state index < -0.39 is 0 Å². The van der Waals surface area contributed by atoms with Crippen LogP contribution in [0.4, 0.5) is 0 Å². The van der Waals surface area contributed by atoms with Gasteiger partial charge in [0.25, 0.3) is 0 Å². The van der Waals surface area contributed by atoms with Crippen LogP contribution >= 0.6 is 11.3 Å². The van der Waals surface area contributed by atoms with E-state index in [-0.39, 0.29) is 0 Å². The molecule has 1 heterocycles. The minimum absolute atomic E-state index is 0.378. The van der Waals surface area contributed by atoms with Gasteiger partial charge in [-0.1, -0.05) is 36.8 Å². The lowest BCUT2D eigenvalue weighted by Crippen LogP contribution is -2.44. The van der Waals surface area contributed by atoms with E-state index in [2.05, 4.69) is 22.9 Å². The van der Waals surface area contributed by atoms with Gasteiger partial charge in [0.15, 0.2) is 0 Å². The second-order valence-electron chi connectivity index (χ2n) is 5.16. The van der Waals surface area contributed by atoms with E-state index in [9.17, 15) is 0 Å². The summed E-state index contributed by atoms with van der Waals surface area (Å²) in [5, 5.41) is 3.31. The second-order valence-corrected chi connectivity index (χ2v) is 6.10. The summed E-state index contributed by atoms with van der Waals surface area (Å²) in [5.41, 5.74) is 5.23. The van der Waals surface area contributed by atoms with Crippen molar-refractivity contribution < 1.29 is 0 Å². The summed E-state index contributed by atoms with van der Waals surface area (Å²) in [5.74, 6) is 6.41. The topological polar surface area (TPSA) is 50.9 Å². The van der Waals surface area contributed by atoms with Crippen LogP contribution in [0.5, 0.6) is 0 Å². The van der Waals surface area contributed by atoms with Crippen LogP contribution in [-0.2, 0) is 6.42 Å². The van der Waals surface area contributed by atoms with Gasteiger partial charge in [-0.25, -0.2) is 4.98 Å². The van der Waals surface area contributed by atoms with E-state index >= 15 is 0 Å². The number of hydrazine groups is 1. The standard InChI is InChI=1S/C15H19N3S/c16-18-13(11-7-4-8-11)9-15-17-14(10-19-15)12-5-2-1-3-6-12/h1-3,5-6,10-11,13,18H,4,7-9,16H2.